The van der Waals surface area contributed by atoms with Crippen LogP contribution in [0.15, 0.2) is 54.7 Å². The van der Waals surface area contributed by atoms with Gasteiger partial charge in [-0.05, 0) is 30.2 Å². The minimum Gasteiger partial charge on any atom is -0.311 e. The Hall–Kier alpha value is -3.21. The third-order valence-corrected chi connectivity index (χ3v) is 6.27. The second-order valence-corrected chi connectivity index (χ2v) is 8.69. The number of amides is 2. The van der Waals surface area contributed by atoms with Crippen molar-refractivity contribution in [2.45, 2.75) is 32.6 Å². The number of benzene rings is 2. The van der Waals surface area contributed by atoms with E-state index < -0.39 is 0 Å². The number of carbonyl (C=O) groups is 2. The molecule has 0 saturated carbocycles. The van der Waals surface area contributed by atoms with Crippen LogP contribution in [0.5, 0.6) is 0 Å². The van der Waals surface area contributed by atoms with Gasteiger partial charge in [-0.15, -0.1) is 11.3 Å². The molecule has 0 spiro atoms. The number of thiazole rings is 1. The minimum atomic E-state index is -0.277. The molecule has 32 heavy (non-hydrogen) atoms. The number of nitrogens with one attached hydrogen (secondary N) is 1. The van der Waals surface area contributed by atoms with E-state index in [9.17, 15) is 9.59 Å². The molecule has 0 saturated heterocycles. The summed E-state index contributed by atoms with van der Waals surface area (Å²) in [6, 6.07) is 17.1. The van der Waals surface area contributed by atoms with Crippen molar-refractivity contribution in [3.05, 3.63) is 75.8 Å². The van der Waals surface area contributed by atoms with Crippen LogP contribution in [0.25, 0.3) is 0 Å². The van der Waals surface area contributed by atoms with Crippen LogP contribution in [0, 0.1) is 18.3 Å². The summed E-state index contributed by atoms with van der Waals surface area (Å²) in [7, 11) is 0. The monoisotopic (exact) mass is 466 g/mol. The predicted molar refractivity (Wildman–Crippen MR) is 128 cm³/mol. The second-order valence-electron chi connectivity index (χ2n) is 7.19. The number of carbonyl (C=O) groups excluding carboxylic acids is 2. The molecule has 0 unspecified atom stereocenters. The number of nitriles is 1. The summed E-state index contributed by atoms with van der Waals surface area (Å²) in [5, 5.41) is 12.9. The third kappa shape index (κ3) is 6.39. The van der Waals surface area contributed by atoms with E-state index >= 15 is 0 Å². The lowest BCUT2D eigenvalue weighted by Crippen LogP contribution is -2.32. The van der Waals surface area contributed by atoms with E-state index in [4.69, 9.17) is 16.9 Å². The van der Waals surface area contributed by atoms with Gasteiger partial charge in [0.2, 0.25) is 11.8 Å². The smallest absolute Gasteiger partial charge is 0.227 e. The molecule has 0 aliphatic carbocycles. The van der Waals surface area contributed by atoms with E-state index in [1.807, 2.05) is 55.5 Å². The van der Waals surface area contributed by atoms with Crippen LogP contribution >= 0.6 is 22.9 Å². The van der Waals surface area contributed by atoms with Gasteiger partial charge in [0.15, 0.2) is 5.13 Å². The summed E-state index contributed by atoms with van der Waals surface area (Å²) < 4.78 is 0. The first-order chi connectivity index (χ1) is 15.5. The van der Waals surface area contributed by atoms with Crippen molar-refractivity contribution in [2.24, 2.45) is 0 Å². The highest BCUT2D eigenvalue weighted by molar-refractivity contribution is 7.15. The standard InChI is InChI=1S/C24H23ClN4O2S/c1-17-7-5-8-18(23(17)25)15-20-16-27-24(32-20)28-21(30)11-12-22(31)29(14-6-13-26)19-9-3-2-4-10-19/h2-5,7-10,16H,6,11-12,14-15H2,1H3,(H,27,28,30). The third-order valence-electron chi connectivity index (χ3n) is 4.82. The number of rotatable bonds is 9. The van der Waals surface area contributed by atoms with Gasteiger partial charge in [-0.2, -0.15) is 5.26 Å². The van der Waals surface area contributed by atoms with E-state index in [0.717, 1.165) is 21.0 Å². The fourth-order valence-corrected chi connectivity index (χ4v) is 4.23. The van der Waals surface area contributed by atoms with Gasteiger partial charge in [-0.25, -0.2) is 4.98 Å². The molecule has 1 heterocycles. The first-order valence-corrected chi connectivity index (χ1v) is 11.4. The molecule has 3 aromatic rings. The van der Waals surface area contributed by atoms with Crippen molar-refractivity contribution in [1.29, 1.82) is 5.26 Å². The lowest BCUT2D eigenvalue weighted by molar-refractivity contribution is -0.122. The van der Waals surface area contributed by atoms with E-state index in [2.05, 4.69) is 16.4 Å². The van der Waals surface area contributed by atoms with Gasteiger partial charge in [0, 0.05) is 47.6 Å². The molecule has 164 valence electrons. The van der Waals surface area contributed by atoms with Crippen LogP contribution < -0.4 is 10.2 Å². The van der Waals surface area contributed by atoms with Crippen molar-refractivity contribution in [2.75, 3.05) is 16.8 Å². The van der Waals surface area contributed by atoms with Gasteiger partial charge < -0.3 is 10.2 Å². The van der Waals surface area contributed by atoms with Crippen LogP contribution in [-0.4, -0.2) is 23.3 Å². The molecule has 0 atom stereocenters. The second kappa shape index (κ2) is 11.4. The molecule has 3 rings (SSSR count). The maximum atomic E-state index is 12.7. The summed E-state index contributed by atoms with van der Waals surface area (Å²) >= 11 is 7.75. The zero-order valence-electron chi connectivity index (χ0n) is 17.7. The Morgan fingerprint density at radius 2 is 1.94 bits per heavy atom. The highest BCUT2D eigenvalue weighted by Crippen LogP contribution is 2.27. The van der Waals surface area contributed by atoms with Gasteiger partial charge in [-0.3, -0.25) is 9.59 Å². The first-order valence-electron chi connectivity index (χ1n) is 10.2. The average Bonchev–Trinajstić information content (AvgIpc) is 3.23. The van der Waals surface area contributed by atoms with Crippen molar-refractivity contribution in [3.8, 4) is 6.07 Å². The molecule has 0 aliphatic rings. The lowest BCUT2D eigenvalue weighted by atomic mass is 10.1. The molecule has 2 amide bonds. The van der Waals surface area contributed by atoms with Crippen molar-refractivity contribution >= 4 is 45.6 Å². The zero-order chi connectivity index (χ0) is 22.9. The summed E-state index contributed by atoms with van der Waals surface area (Å²) in [6.07, 6.45) is 2.66. The Labute approximate surface area is 196 Å². The van der Waals surface area contributed by atoms with Gasteiger partial charge in [-0.1, -0.05) is 48.0 Å². The van der Waals surface area contributed by atoms with E-state index in [-0.39, 0.29) is 31.1 Å². The molecule has 0 radical (unpaired) electrons. The minimum absolute atomic E-state index is 0.0351. The summed E-state index contributed by atoms with van der Waals surface area (Å²) in [5.41, 5.74) is 2.75. The number of aromatic nitrogens is 1. The van der Waals surface area contributed by atoms with Crippen molar-refractivity contribution < 1.29 is 9.59 Å². The number of nitrogens with zero attached hydrogens (tertiary/aromatic N) is 3. The highest BCUT2D eigenvalue weighted by atomic mass is 35.5. The van der Waals surface area contributed by atoms with Gasteiger partial charge >= 0.3 is 0 Å². The maximum Gasteiger partial charge on any atom is 0.227 e. The van der Waals surface area contributed by atoms with E-state index in [0.29, 0.717) is 23.8 Å². The molecule has 0 bridgehead atoms. The van der Waals surface area contributed by atoms with Crippen LogP contribution in [0.3, 0.4) is 0 Å². The number of para-hydroxylation sites is 1. The van der Waals surface area contributed by atoms with Crippen LogP contribution in [0.2, 0.25) is 5.02 Å². The fraction of sp³-hybridized carbons (Fsp3) is 0.250. The van der Waals surface area contributed by atoms with E-state index in [1.165, 1.54) is 11.3 Å². The topological polar surface area (TPSA) is 86.1 Å². The Balaban J connectivity index is 1.55. The quantitative estimate of drug-likeness (QED) is 0.459. The molecule has 8 heteroatoms. The summed E-state index contributed by atoms with van der Waals surface area (Å²) in [6.45, 7) is 2.25. The normalized spacial score (nSPS) is 10.4. The maximum absolute atomic E-state index is 12.7. The summed E-state index contributed by atoms with van der Waals surface area (Å²) in [4.78, 5) is 31.8. The lowest BCUT2D eigenvalue weighted by Gasteiger charge is -2.21. The number of halogens is 1. The zero-order valence-corrected chi connectivity index (χ0v) is 19.2. The fourth-order valence-electron chi connectivity index (χ4n) is 3.18. The SMILES string of the molecule is Cc1cccc(Cc2cnc(NC(=O)CCC(=O)N(CCC#N)c3ccccc3)s2)c1Cl. The molecule has 6 nitrogen and oxygen atoms in total. The Kier molecular flexibility index (Phi) is 8.37. The Morgan fingerprint density at radius 1 is 1.16 bits per heavy atom. The largest absolute Gasteiger partial charge is 0.311 e. The summed E-state index contributed by atoms with van der Waals surface area (Å²) in [5.74, 6) is -0.475. The molecule has 2 aromatic carbocycles. The number of anilines is 2. The highest BCUT2D eigenvalue weighted by Gasteiger charge is 2.17. The Bertz CT molecular complexity index is 1120. The van der Waals surface area contributed by atoms with Crippen LogP contribution in [0.4, 0.5) is 10.8 Å². The molecule has 0 aliphatic heterocycles. The average molecular weight is 467 g/mol. The van der Waals surface area contributed by atoms with Crippen molar-refractivity contribution in [1.82, 2.24) is 4.98 Å². The van der Waals surface area contributed by atoms with Crippen LogP contribution in [0.1, 0.15) is 35.3 Å². The van der Waals surface area contributed by atoms with Crippen LogP contribution in [-0.2, 0) is 16.0 Å². The van der Waals surface area contributed by atoms with Gasteiger partial charge in [0.25, 0.3) is 0 Å². The van der Waals surface area contributed by atoms with Crippen molar-refractivity contribution in [3.63, 3.8) is 0 Å². The van der Waals surface area contributed by atoms with Gasteiger partial charge in [0.05, 0.1) is 12.5 Å². The molecular formula is C24H23ClN4O2S. The number of hydrogen-bond acceptors (Lipinski definition) is 5. The molecule has 0 fully saturated rings. The number of hydrogen-bond donors (Lipinski definition) is 1. The first kappa shape index (κ1) is 23.5. The predicted octanol–water partition coefficient (Wildman–Crippen LogP) is 5.36. The number of aryl methyl sites for hydroxylation is 1. The Morgan fingerprint density at radius 3 is 2.69 bits per heavy atom. The van der Waals surface area contributed by atoms with E-state index in [1.54, 1.807) is 11.1 Å². The molecule has 1 aromatic heterocycles. The van der Waals surface area contributed by atoms with Gasteiger partial charge in [0.1, 0.15) is 0 Å². The molecular weight excluding hydrogens is 444 g/mol. The molecule has 1 N–H and O–H groups in total.